The van der Waals surface area contributed by atoms with Crippen molar-refractivity contribution in [3.05, 3.63) is 53.6 Å². The Hall–Kier alpha value is -1.97. The molecule has 1 fully saturated rings. The van der Waals surface area contributed by atoms with E-state index in [-0.39, 0.29) is 17.9 Å². The molecule has 1 atom stereocenters. The number of benzene rings is 2. The van der Waals surface area contributed by atoms with Gasteiger partial charge in [0.1, 0.15) is 12.8 Å². The molecule has 0 amide bonds. The van der Waals surface area contributed by atoms with Gasteiger partial charge in [-0.05, 0) is 67.2 Å². The molecule has 0 heterocycles. The molecule has 1 saturated carbocycles. The van der Waals surface area contributed by atoms with Crippen LogP contribution in [0.15, 0.2) is 36.4 Å². The third-order valence-electron chi connectivity index (χ3n) is 8.09. The van der Waals surface area contributed by atoms with Crippen LogP contribution in [0.2, 0.25) is 0 Å². The van der Waals surface area contributed by atoms with Crippen LogP contribution < -0.4 is 4.74 Å². The molecule has 37 heavy (non-hydrogen) atoms. The maximum absolute atomic E-state index is 14.9. The minimum absolute atomic E-state index is 0.208. The molecule has 0 radical (unpaired) electrons. The number of rotatable bonds is 16. The van der Waals surface area contributed by atoms with Crippen molar-refractivity contribution in [1.82, 2.24) is 0 Å². The average molecular weight is 517 g/mol. The number of unbranched alkanes of at least 4 members (excludes halogenated alkanes) is 7. The normalized spacial score (nSPS) is 18.6. The zero-order valence-electron chi connectivity index (χ0n) is 23.1. The SMILES string of the molecule is CCCCCCCCC(F)COc1ccc(-c2ccc(C3CCC(CCCCC)CC3)cc2)c(F)c1F. The second-order valence-electron chi connectivity index (χ2n) is 11.0. The largest absolute Gasteiger partial charge is 0.487 e. The van der Waals surface area contributed by atoms with Crippen LogP contribution in [0.25, 0.3) is 11.1 Å². The number of hydrogen-bond acceptors (Lipinski definition) is 1. The van der Waals surface area contributed by atoms with Gasteiger partial charge in [0, 0.05) is 5.56 Å². The maximum Gasteiger partial charge on any atom is 0.201 e. The van der Waals surface area contributed by atoms with Crippen molar-refractivity contribution < 1.29 is 17.9 Å². The predicted octanol–water partition coefficient (Wildman–Crippen LogP) is 11.0. The van der Waals surface area contributed by atoms with Gasteiger partial charge in [-0.15, -0.1) is 0 Å². The first kappa shape index (κ1) is 29.6. The van der Waals surface area contributed by atoms with E-state index in [0.29, 0.717) is 17.9 Å². The highest BCUT2D eigenvalue weighted by Crippen LogP contribution is 2.39. The van der Waals surface area contributed by atoms with Crippen LogP contribution in [0.4, 0.5) is 13.2 Å². The van der Waals surface area contributed by atoms with Gasteiger partial charge < -0.3 is 4.74 Å². The van der Waals surface area contributed by atoms with Gasteiger partial charge in [0.2, 0.25) is 5.82 Å². The Bertz CT molecular complexity index is 903. The smallest absolute Gasteiger partial charge is 0.201 e. The predicted molar refractivity (Wildman–Crippen MR) is 149 cm³/mol. The topological polar surface area (TPSA) is 9.23 Å². The summed E-state index contributed by atoms with van der Waals surface area (Å²) in [4.78, 5) is 0. The van der Waals surface area contributed by atoms with E-state index in [4.69, 9.17) is 4.74 Å². The second kappa shape index (κ2) is 16.1. The molecule has 0 aromatic heterocycles. The Morgan fingerprint density at radius 1 is 0.757 bits per heavy atom. The minimum Gasteiger partial charge on any atom is -0.487 e. The molecule has 2 aromatic carbocycles. The summed E-state index contributed by atoms with van der Waals surface area (Å²) in [5, 5.41) is 0. The molecule has 0 bridgehead atoms. The first-order valence-corrected chi connectivity index (χ1v) is 14.9. The molecule has 1 unspecified atom stereocenters. The molecule has 0 spiro atoms. The van der Waals surface area contributed by atoms with Crippen LogP contribution >= 0.6 is 0 Å². The van der Waals surface area contributed by atoms with Crippen LogP contribution in [-0.2, 0) is 0 Å². The zero-order valence-corrected chi connectivity index (χ0v) is 23.1. The summed E-state index contributed by atoms with van der Waals surface area (Å²) in [6, 6.07) is 10.9. The molecule has 0 saturated heterocycles. The molecule has 4 heteroatoms. The van der Waals surface area contributed by atoms with Crippen molar-refractivity contribution in [3.63, 3.8) is 0 Å². The van der Waals surface area contributed by atoms with Gasteiger partial charge in [0.15, 0.2) is 11.6 Å². The van der Waals surface area contributed by atoms with Gasteiger partial charge in [-0.3, -0.25) is 0 Å². The summed E-state index contributed by atoms with van der Waals surface area (Å²) in [6.45, 7) is 4.17. The summed E-state index contributed by atoms with van der Waals surface area (Å²) >= 11 is 0. The summed E-state index contributed by atoms with van der Waals surface area (Å²) in [7, 11) is 0. The second-order valence-corrected chi connectivity index (χ2v) is 11.0. The number of hydrogen-bond donors (Lipinski definition) is 0. The average Bonchev–Trinajstić information content (AvgIpc) is 2.92. The van der Waals surface area contributed by atoms with Gasteiger partial charge in [0.05, 0.1) is 0 Å². The number of ether oxygens (including phenoxy) is 1. The van der Waals surface area contributed by atoms with E-state index in [1.807, 2.05) is 12.1 Å². The van der Waals surface area contributed by atoms with Crippen molar-refractivity contribution >= 4 is 0 Å². The summed E-state index contributed by atoms with van der Waals surface area (Å²) < 4.78 is 49.1. The molecule has 1 aliphatic rings. The fraction of sp³-hybridized carbons (Fsp3) is 0.636. The van der Waals surface area contributed by atoms with Crippen LogP contribution in [0, 0.1) is 17.6 Å². The highest BCUT2D eigenvalue weighted by molar-refractivity contribution is 5.65. The van der Waals surface area contributed by atoms with Gasteiger partial charge in [-0.25, -0.2) is 8.78 Å². The molecule has 2 aromatic rings. The Morgan fingerprint density at radius 2 is 1.41 bits per heavy atom. The van der Waals surface area contributed by atoms with Gasteiger partial charge in [-0.2, -0.15) is 4.39 Å². The Labute approximate surface area is 223 Å². The fourth-order valence-corrected chi connectivity index (χ4v) is 5.68. The van der Waals surface area contributed by atoms with Crippen molar-refractivity contribution in [3.8, 4) is 16.9 Å². The third kappa shape index (κ3) is 9.37. The first-order chi connectivity index (χ1) is 18.0. The molecule has 3 rings (SSSR count). The summed E-state index contributed by atoms with van der Waals surface area (Å²) in [6.07, 6.45) is 16.0. The van der Waals surface area contributed by atoms with E-state index in [1.54, 1.807) is 0 Å². The zero-order chi connectivity index (χ0) is 26.5. The number of halogens is 3. The van der Waals surface area contributed by atoms with E-state index in [1.165, 1.54) is 88.3 Å². The molecule has 0 aliphatic heterocycles. The first-order valence-electron chi connectivity index (χ1n) is 14.9. The number of alkyl halides is 1. The van der Waals surface area contributed by atoms with E-state index in [9.17, 15) is 13.2 Å². The van der Waals surface area contributed by atoms with E-state index in [2.05, 4.69) is 26.0 Å². The molecule has 0 N–H and O–H groups in total. The van der Waals surface area contributed by atoms with E-state index in [0.717, 1.165) is 25.2 Å². The van der Waals surface area contributed by atoms with Crippen LogP contribution in [-0.4, -0.2) is 12.8 Å². The Kier molecular flexibility index (Phi) is 12.9. The highest BCUT2D eigenvalue weighted by Gasteiger charge is 2.23. The third-order valence-corrected chi connectivity index (χ3v) is 8.09. The minimum atomic E-state index is -1.17. The lowest BCUT2D eigenvalue weighted by Crippen LogP contribution is -2.14. The van der Waals surface area contributed by atoms with Crippen molar-refractivity contribution in [2.45, 2.75) is 122 Å². The molecular formula is C33H47F3O. The van der Waals surface area contributed by atoms with Crippen molar-refractivity contribution in [2.75, 3.05) is 6.61 Å². The monoisotopic (exact) mass is 516 g/mol. The quantitative estimate of drug-likeness (QED) is 0.202. The van der Waals surface area contributed by atoms with Crippen molar-refractivity contribution in [1.29, 1.82) is 0 Å². The molecule has 1 aliphatic carbocycles. The maximum atomic E-state index is 14.9. The summed E-state index contributed by atoms with van der Waals surface area (Å²) in [5.41, 5.74) is 2.14. The molecular weight excluding hydrogens is 469 g/mol. The van der Waals surface area contributed by atoms with Crippen LogP contribution in [0.5, 0.6) is 5.75 Å². The van der Waals surface area contributed by atoms with Crippen LogP contribution in [0.3, 0.4) is 0 Å². The van der Waals surface area contributed by atoms with Crippen molar-refractivity contribution in [2.24, 2.45) is 5.92 Å². The lowest BCUT2D eigenvalue weighted by molar-refractivity contribution is 0.177. The lowest BCUT2D eigenvalue weighted by atomic mass is 9.77. The van der Waals surface area contributed by atoms with E-state index < -0.39 is 17.8 Å². The Balaban J connectivity index is 1.49. The van der Waals surface area contributed by atoms with Gasteiger partial charge >= 0.3 is 0 Å². The van der Waals surface area contributed by atoms with E-state index >= 15 is 0 Å². The molecule has 1 nitrogen and oxygen atoms in total. The lowest BCUT2D eigenvalue weighted by Gasteiger charge is -2.29. The van der Waals surface area contributed by atoms with Gasteiger partial charge in [-0.1, -0.05) is 102 Å². The molecule has 206 valence electrons. The van der Waals surface area contributed by atoms with Crippen LogP contribution in [0.1, 0.15) is 122 Å². The van der Waals surface area contributed by atoms with Gasteiger partial charge in [0.25, 0.3) is 0 Å². The standard InChI is InChI=1S/C33H47F3O/c1-3-5-7-8-9-11-13-29(34)24-37-31-23-22-30(32(35)33(31)36)28-20-18-27(19-21-28)26-16-14-25(15-17-26)12-10-6-4-2/h18-23,25-26,29H,3-17,24H2,1-2H3. The summed E-state index contributed by atoms with van der Waals surface area (Å²) in [5.74, 6) is -0.792. The Morgan fingerprint density at radius 3 is 2.11 bits per heavy atom. The fourth-order valence-electron chi connectivity index (χ4n) is 5.68. The highest BCUT2D eigenvalue weighted by atomic mass is 19.2.